The quantitative estimate of drug-likeness (QED) is 0.599. The maximum absolute atomic E-state index is 12.8. The van der Waals surface area contributed by atoms with E-state index < -0.39 is 11.3 Å². The SMILES string of the molecule is CCCCCNC(=O)C(C)(C)C(=O)Nc1ccc(F)cc1. The molecule has 1 aromatic rings. The molecule has 0 spiro atoms. The van der Waals surface area contributed by atoms with Crippen LogP contribution < -0.4 is 10.6 Å². The van der Waals surface area contributed by atoms with E-state index in [0.717, 1.165) is 19.3 Å². The Morgan fingerprint density at radius 1 is 1.10 bits per heavy atom. The second kappa shape index (κ2) is 7.76. The number of carbonyl (C=O) groups is 2. The van der Waals surface area contributed by atoms with Crippen LogP contribution >= 0.6 is 0 Å². The zero-order valence-electron chi connectivity index (χ0n) is 12.8. The number of benzene rings is 1. The molecular formula is C16H23FN2O2. The highest BCUT2D eigenvalue weighted by molar-refractivity contribution is 6.09. The first kappa shape index (κ1) is 17.1. The molecule has 5 heteroatoms. The Bertz CT molecular complexity index is 484. The predicted octanol–water partition coefficient (Wildman–Crippen LogP) is 3.10. The van der Waals surface area contributed by atoms with Crippen molar-refractivity contribution < 1.29 is 14.0 Å². The smallest absolute Gasteiger partial charge is 0.239 e. The standard InChI is InChI=1S/C16H23FN2O2/c1-4-5-6-11-18-14(20)16(2,3)15(21)19-13-9-7-12(17)8-10-13/h7-10H,4-6,11H2,1-3H3,(H,18,20)(H,19,21). The predicted molar refractivity (Wildman–Crippen MR) is 81.3 cm³/mol. The van der Waals surface area contributed by atoms with Crippen molar-refractivity contribution in [1.82, 2.24) is 5.32 Å². The van der Waals surface area contributed by atoms with E-state index in [9.17, 15) is 14.0 Å². The van der Waals surface area contributed by atoms with E-state index in [-0.39, 0.29) is 11.7 Å². The summed E-state index contributed by atoms with van der Waals surface area (Å²) >= 11 is 0. The third-order valence-electron chi connectivity index (χ3n) is 3.30. The molecule has 0 aliphatic rings. The van der Waals surface area contributed by atoms with Crippen LogP contribution in [0.25, 0.3) is 0 Å². The van der Waals surface area contributed by atoms with Gasteiger partial charge in [0.15, 0.2) is 0 Å². The summed E-state index contributed by atoms with van der Waals surface area (Å²) in [4.78, 5) is 24.3. The molecule has 2 amide bonds. The zero-order chi connectivity index (χ0) is 15.9. The fraction of sp³-hybridized carbons (Fsp3) is 0.500. The highest BCUT2D eigenvalue weighted by Crippen LogP contribution is 2.19. The summed E-state index contributed by atoms with van der Waals surface area (Å²) in [7, 11) is 0. The first-order valence-corrected chi connectivity index (χ1v) is 7.23. The molecule has 116 valence electrons. The Morgan fingerprint density at radius 2 is 1.71 bits per heavy atom. The van der Waals surface area contributed by atoms with E-state index >= 15 is 0 Å². The van der Waals surface area contributed by atoms with Gasteiger partial charge in [0.05, 0.1) is 0 Å². The molecule has 0 aliphatic carbocycles. The van der Waals surface area contributed by atoms with Gasteiger partial charge in [0.2, 0.25) is 11.8 Å². The Hall–Kier alpha value is -1.91. The maximum Gasteiger partial charge on any atom is 0.239 e. The van der Waals surface area contributed by atoms with E-state index in [2.05, 4.69) is 17.6 Å². The number of hydrogen-bond donors (Lipinski definition) is 2. The summed E-state index contributed by atoms with van der Waals surface area (Å²) in [6, 6.07) is 5.44. The normalized spacial score (nSPS) is 11.0. The number of hydrogen-bond acceptors (Lipinski definition) is 2. The van der Waals surface area contributed by atoms with Gasteiger partial charge >= 0.3 is 0 Å². The van der Waals surface area contributed by atoms with E-state index in [1.807, 2.05) is 0 Å². The second-order valence-electron chi connectivity index (χ2n) is 5.55. The molecule has 0 unspecified atom stereocenters. The van der Waals surface area contributed by atoms with E-state index in [4.69, 9.17) is 0 Å². The van der Waals surface area contributed by atoms with Crippen LogP contribution in [0, 0.1) is 11.2 Å². The fourth-order valence-corrected chi connectivity index (χ4v) is 1.72. The van der Waals surface area contributed by atoms with Gasteiger partial charge < -0.3 is 10.6 Å². The summed E-state index contributed by atoms with van der Waals surface area (Å²) in [6.07, 6.45) is 3.02. The lowest BCUT2D eigenvalue weighted by Gasteiger charge is -2.22. The first-order chi connectivity index (χ1) is 9.87. The molecule has 2 N–H and O–H groups in total. The summed E-state index contributed by atoms with van der Waals surface area (Å²) in [5.41, 5.74) is -0.714. The van der Waals surface area contributed by atoms with Crippen LogP contribution in [-0.2, 0) is 9.59 Å². The fourth-order valence-electron chi connectivity index (χ4n) is 1.72. The zero-order valence-corrected chi connectivity index (χ0v) is 12.8. The summed E-state index contributed by atoms with van der Waals surface area (Å²) in [5, 5.41) is 5.40. The number of unbranched alkanes of at least 4 members (excludes halogenated alkanes) is 2. The molecule has 0 aliphatic heterocycles. The third kappa shape index (κ3) is 5.17. The molecule has 1 aromatic carbocycles. The number of carbonyl (C=O) groups excluding carboxylic acids is 2. The van der Waals surface area contributed by atoms with Crippen LogP contribution in [0.15, 0.2) is 24.3 Å². The van der Waals surface area contributed by atoms with Crippen molar-refractivity contribution in [3.05, 3.63) is 30.1 Å². The Kier molecular flexibility index (Phi) is 6.34. The number of anilines is 1. The number of halogens is 1. The molecule has 0 heterocycles. The molecule has 0 atom stereocenters. The van der Waals surface area contributed by atoms with Gasteiger partial charge in [-0.05, 0) is 44.5 Å². The number of rotatable bonds is 7. The van der Waals surface area contributed by atoms with Crippen molar-refractivity contribution in [3.8, 4) is 0 Å². The van der Waals surface area contributed by atoms with Crippen molar-refractivity contribution in [2.24, 2.45) is 5.41 Å². The van der Waals surface area contributed by atoms with Crippen LogP contribution in [0.2, 0.25) is 0 Å². The third-order valence-corrected chi connectivity index (χ3v) is 3.30. The van der Waals surface area contributed by atoms with Crippen LogP contribution in [0.3, 0.4) is 0 Å². The lowest BCUT2D eigenvalue weighted by molar-refractivity contribution is -0.138. The van der Waals surface area contributed by atoms with Crippen LogP contribution in [0.1, 0.15) is 40.0 Å². The minimum Gasteiger partial charge on any atom is -0.355 e. The molecule has 0 radical (unpaired) electrons. The summed E-state index contributed by atoms with van der Waals surface area (Å²) in [5.74, 6) is -1.10. The average Bonchev–Trinajstić information content (AvgIpc) is 2.45. The van der Waals surface area contributed by atoms with Gasteiger partial charge in [-0.15, -0.1) is 0 Å². The molecule has 0 saturated carbocycles. The summed E-state index contributed by atoms with van der Waals surface area (Å²) in [6.45, 7) is 5.80. The van der Waals surface area contributed by atoms with Crippen molar-refractivity contribution in [3.63, 3.8) is 0 Å². The van der Waals surface area contributed by atoms with Gasteiger partial charge in [0.25, 0.3) is 0 Å². The minimum atomic E-state index is -1.18. The molecule has 0 bridgehead atoms. The molecule has 4 nitrogen and oxygen atoms in total. The van der Waals surface area contributed by atoms with Gasteiger partial charge in [-0.3, -0.25) is 9.59 Å². The Labute approximate surface area is 125 Å². The summed E-state index contributed by atoms with van der Waals surface area (Å²) < 4.78 is 12.8. The number of nitrogens with one attached hydrogen (secondary N) is 2. The molecular weight excluding hydrogens is 271 g/mol. The molecule has 1 rings (SSSR count). The molecule has 21 heavy (non-hydrogen) atoms. The van der Waals surface area contributed by atoms with Gasteiger partial charge in [0.1, 0.15) is 11.2 Å². The Balaban J connectivity index is 2.57. The van der Waals surface area contributed by atoms with E-state index in [1.165, 1.54) is 24.3 Å². The van der Waals surface area contributed by atoms with Crippen LogP contribution in [0.4, 0.5) is 10.1 Å². The average molecular weight is 294 g/mol. The lowest BCUT2D eigenvalue weighted by Crippen LogP contribution is -2.45. The topological polar surface area (TPSA) is 58.2 Å². The van der Waals surface area contributed by atoms with Crippen LogP contribution in [0.5, 0.6) is 0 Å². The molecule has 0 fully saturated rings. The van der Waals surface area contributed by atoms with E-state index in [0.29, 0.717) is 12.2 Å². The van der Waals surface area contributed by atoms with Crippen LogP contribution in [-0.4, -0.2) is 18.4 Å². The number of amides is 2. The van der Waals surface area contributed by atoms with Gasteiger partial charge in [-0.1, -0.05) is 19.8 Å². The minimum absolute atomic E-state index is 0.307. The van der Waals surface area contributed by atoms with Gasteiger partial charge in [-0.2, -0.15) is 0 Å². The van der Waals surface area contributed by atoms with Gasteiger partial charge in [-0.25, -0.2) is 4.39 Å². The second-order valence-corrected chi connectivity index (χ2v) is 5.55. The first-order valence-electron chi connectivity index (χ1n) is 7.23. The van der Waals surface area contributed by atoms with Crippen molar-refractivity contribution in [2.45, 2.75) is 40.0 Å². The Morgan fingerprint density at radius 3 is 2.29 bits per heavy atom. The van der Waals surface area contributed by atoms with E-state index in [1.54, 1.807) is 13.8 Å². The molecule has 0 aromatic heterocycles. The van der Waals surface area contributed by atoms with Crippen molar-refractivity contribution in [2.75, 3.05) is 11.9 Å². The highest BCUT2D eigenvalue weighted by Gasteiger charge is 2.35. The highest BCUT2D eigenvalue weighted by atomic mass is 19.1. The lowest BCUT2D eigenvalue weighted by atomic mass is 9.91. The largest absolute Gasteiger partial charge is 0.355 e. The molecule has 0 saturated heterocycles. The van der Waals surface area contributed by atoms with Crippen molar-refractivity contribution in [1.29, 1.82) is 0 Å². The maximum atomic E-state index is 12.8. The van der Waals surface area contributed by atoms with Crippen molar-refractivity contribution >= 4 is 17.5 Å². The monoisotopic (exact) mass is 294 g/mol. The van der Waals surface area contributed by atoms with Gasteiger partial charge in [0, 0.05) is 12.2 Å².